The number of likely N-dealkylation sites (N-methyl/N-ethyl adjacent to an activating group) is 1. The Hall–Kier alpha value is -1.44. The van der Waals surface area contributed by atoms with E-state index in [4.69, 9.17) is 0 Å². The highest BCUT2D eigenvalue weighted by Gasteiger charge is 2.25. The van der Waals surface area contributed by atoms with Gasteiger partial charge in [0.1, 0.15) is 9.84 Å². The van der Waals surface area contributed by atoms with Gasteiger partial charge < -0.3 is 10.2 Å². The van der Waals surface area contributed by atoms with Crippen LogP contribution in [0.5, 0.6) is 0 Å². The van der Waals surface area contributed by atoms with Crippen LogP contribution in [0, 0.1) is 0 Å². The first kappa shape index (κ1) is 19.9. The molecule has 0 aliphatic carbocycles. The average Bonchev–Trinajstić information content (AvgIpc) is 2.61. The molecule has 1 amide bonds. The molecule has 0 bridgehead atoms. The van der Waals surface area contributed by atoms with E-state index in [1.807, 2.05) is 18.2 Å². The third-order valence-electron chi connectivity index (χ3n) is 4.67. The quantitative estimate of drug-likeness (QED) is 0.740. The van der Waals surface area contributed by atoms with E-state index in [-0.39, 0.29) is 24.1 Å². The van der Waals surface area contributed by atoms with Gasteiger partial charge in [-0.3, -0.25) is 9.69 Å². The number of hydrogen-bond acceptors (Lipinski definition) is 5. The van der Waals surface area contributed by atoms with Crippen LogP contribution in [-0.4, -0.2) is 75.4 Å². The van der Waals surface area contributed by atoms with Crippen LogP contribution in [0.25, 0.3) is 0 Å². The lowest BCUT2D eigenvalue weighted by molar-refractivity contribution is -0.121. The zero-order chi connectivity index (χ0) is 18.3. The van der Waals surface area contributed by atoms with E-state index in [1.54, 1.807) is 0 Å². The molecule has 1 unspecified atom stereocenters. The lowest BCUT2D eigenvalue weighted by Crippen LogP contribution is -2.49. The highest BCUT2D eigenvalue weighted by atomic mass is 32.2. The molecule has 1 atom stereocenters. The molecule has 1 fully saturated rings. The Balaban J connectivity index is 1.97. The SMILES string of the molecule is CCN1CCN(C(CNC(=O)CCS(C)(=O)=O)c2ccccc2)CC1. The first-order valence-corrected chi connectivity index (χ1v) is 10.9. The minimum atomic E-state index is -3.12. The summed E-state index contributed by atoms with van der Waals surface area (Å²) in [5.74, 6) is -0.317. The van der Waals surface area contributed by atoms with Crippen molar-refractivity contribution in [3.05, 3.63) is 35.9 Å². The molecule has 2 rings (SSSR count). The zero-order valence-corrected chi connectivity index (χ0v) is 16.0. The van der Waals surface area contributed by atoms with Crippen molar-refractivity contribution >= 4 is 15.7 Å². The Morgan fingerprint density at radius 2 is 1.80 bits per heavy atom. The molecular formula is C18H29N3O3S. The van der Waals surface area contributed by atoms with Crippen LogP contribution in [0.15, 0.2) is 30.3 Å². The van der Waals surface area contributed by atoms with E-state index in [0.717, 1.165) is 39.0 Å². The lowest BCUT2D eigenvalue weighted by Gasteiger charge is -2.39. The lowest BCUT2D eigenvalue weighted by atomic mass is 10.0. The number of sulfone groups is 1. The van der Waals surface area contributed by atoms with Gasteiger partial charge in [-0.2, -0.15) is 0 Å². The molecule has 1 aliphatic rings. The summed E-state index contributed by atoms with van der Waals surface area (Å²) in [4.78, 5) is 16.8. The standard InChI is InChI=1S/C18H29N3O3S/c1-3-20-10-12-21(13-11-20)17(16-7-5-4-6-8-16)15-19-18(22)9-14-25(2,23)24/h4-8,17H,3,9-15H2,1-2H3,(H,19,22). The van der Waals surface area contributed by atoms with E-state index in [9.17, 15) is 13.2 Å². The van der Waals surface area contributed by atoms with Crippen LogP contribution >= 0.6 is 0 Å². The number of rotatable bonds is 8. The van der Waals surface area contributed by atoms with Crippen molar-refractivity contribution in [3.8, 4) is 0 Å². The Morgan fingerprint density at radius 1 is 1.16 bits per heavy atom. The van der Waals surface area contributed by atoms with Gasteiger partial charge in [-0.1, -0.05) is 37.3 Å². The molecule has 1 aromatic rings. The summed E-state index contributed by atoms with van der Waals surface area (Å²) in [6, 6.07) is 10.3. The van der Waals surface area contributed by atoms with Crippen molar-refractivity contribution < 1.29 is 13.2 Å². The number of nitrogens with zero attached hydrogens (tertiary/aromatic N) is 2. The molecule has 0 saturated carbocycles. The summed E-state index contributed by atoms with van der Waals surface area (Å²) in [7, 11) is -3.12. The fourth-order valence-electron chi connectivity index (χ4n) is 3.10. The van der Waals surface area contributed by atoms with E-state index in [2.05, 4.69) is 34.2 Å². The molecule has 140 valence electrons. The third-order valence-corrected chi connectivity index (χ3v) is 5.62. The summed E-state index contributed by atoms with van der Waals surface area (Å²) in [6.07, 6.45) is 1.17. The summed E-state index contributed by atoms with van der Waals surface area (Å²) >= 11 is 0. The molecule has 1 N–H and O–H groups in total. The van der Waals surface area contributed by atoms with Gasteiger partial charge in [0.25, 0.3) is 0 Å². The van der Waals surface area contributed by atoms with Crippen LogP contribution in [0.1, 0.15) is 24.9 Å². The number of benzene rings is 1. The van der Waals surface area contributed by atoms with Crippen LogP contribution in [-0.2, 0) is 14.6 Å². The number of carbonyl (C=O) groups excluding carboxylic acids is 1. The Kier molecular flexibility index (Phi) is 7.40. The van der Waals surface area contributed by atoms with E-state index >= 15 is 0 Å². The maximum atomic E-state index is 12.0. The summed E-state index contributed by atoms with van der Waals surface area (Å²) in [5, 5.41) is 2.92. The normalized spacial score (nSPS) is 18.0. The first-order chi connectivity index (χ1) is 11.9. The molecule has 0 spiro atoms. The Morgan fingerprint density at radius 3 is 2.36 bits per heavy atom. The zero-order valence-electron chi connectivity index (χ0n) is 15.1. The Bertz CT molecular complexity index is 641. The van der Waals surface area contributed by atoms with Crippen LogP contribution in [0.2, 0.25) is 0 Å². The summed E-state index contributed by atoms with van der Waals surface area (Å²) < 4.78 is 22.4. The second-order valence-corrected chi connectivity index (χ2v) is 8.84. The monoisotopic (exact) mass is 367 g/mol. The van der Waals surface area contributed by atoms with Crippen molar-refractivity contribution in [2.75, 3.05) is 51.3 Å². The molecule has 1 aromatic carbocycles. The van der Waals surface area contributed by atoms with E-state index in [0.29, 0.717) is 6.54 Å². The van der Waals surface area contributed by atoms with Gasteiger partial charge in [-0.05, 0) is 12.1 Å². The molecule has 0 aromatic heterocycles. The highest BCUT2D eigenvalue weighted by Crippen LogP contribution is 2.21. The van der Waals surface area contributed by atoms with Crippen molar-refractivity contribution in [1.82, 2.24) is 15.1 Å². The number of hydrogen-bond donors (Lipinski definition) is 1. The Labute approximate surface area is 151 Å². The largest absolute Gasteiger partial charge is 0.354 e. The van der Waals surface area contributed by atoms with E-state index in [1.165, 1.54) is 5.56 Å². The van der Waals surface area contributed by atoms with Gasteiger partial charge in [0.05, 0.1) is 11.8 Å². The van der Waals surface area contributed by atoms with Gasteiger partial charge >= 0.3 is 0 Å². The molecule has 0 radical (unpaired) electrons. The topological polar surface area (TPSA) is 69.7 Å². The van der Waals surface area contributed by atoms with Gasteiger partial charge in [0.2, 0.25) is 5.91 Å². The molecular weight excluding hydrogens is 338 g/mol. The van der Waals surface area contributed by atoms with E-state index < -0.39 is 9.84 Å². The average molecular weight is 368 g/mol. The second kappa shape index (κ2) is 9.31. The first-order valence-electron chi connectivity index (χ1n) is 8.85. The van der Waals surface area contributed by atoms with Crippen molar-refractivity contribution in [2.24, 2.45) is 0 Å². The highest BCUT2D eigenvalue weighted by molar-refractivity contribution is 7.90. The van der Waals surface area contributed by atoms with Gasteiger partial charge in [-0.15, -0.1) is 0 Å². The summed E-state index contributed by atoms with van der Waals surface area (Å²) in [6.45, 7) is 7.72. The van der Waals surface area contributed by atoms with Crippen LogP contribution in [0.4, 0.5) is 0 Å². The number of nitrogens with one attached hydrogen (secondary N) is 1. The van der Waals surface area contributed by atoms with Gasteiger partial charge in [0, 0.05) is 45.4 Å². The second-order valence-electron chi connectivity index (χ2n) is 6.58. The van der Waals surface area contributed by atoms with Crippen LogP contribution < -0.4 is 5.32 Å². The van der Waals surface area contributed by atoms with Crippen molar-refractivity contribution in [1.29, 1.82) is 0 Å². The minimum Gasteiger partial charge on any atom is -0.354 e. The third kappa shape index (κ3) is 6.76. The molecule has 1 saturated heterocycles. The molecule has 6 nitrogen and oxygen atoms in total. The van der Waals surface area contributed by atoms with Crippen LogP contribution in [0.3, 0.4) is 0 Å². The maximum Gasteiger partial charge on any atom is 0.221 e. The number of carbonyl (C=O) groups is 1. The molecule has 7 heteroatoms. The number of piperazine rings is 1. The smallest absolute Gasteiger partial charge is 0.221 e. The minimum absolute atomic E-state index is 0.0178. The fraction of sp³-hybridized carbons (Fsp3) is 0.611. The maximum absolute atomic E-state index is 12.0. The van der Waals surface area contributed by atoms with Crippen molar-refractivity contribution in [3.63, 3.8) is 0 Å². The fourth-order valence-corrected chi connectivity index (χ4v) is 3.66. The molecule has 25 heavy (non-hydrogen) atoms. The van der Waals surface area contributed by atoms with Gasteiger partial charge in [0.15, 0.2) is 0 Å². The predicted octanol–water partition coefficient (Wildman–Crippen LogP) is 0.916. The van der Waals surface area contributed by atoms with Gasteiger partial charge in [-0.25, -0.2) is 8.42 Å². The van der Waals surface area contributed by atoms with Crippen molar-refractivity contribution in [2.45, 2.75) is 19.4 Å². The predicted molar refractivity (Wildman–Crippen MR) is 100 cm³/mol. The molecule has 1 aliphatic heterocycles. The summed E-state index contributed by atoms with van der Waals surface area (Å²) in [5.41, 5.74) is 1.18. The number of amides is 1. The molecule has 1 heterocycles.